The number of aliphatic hydroxyl groups is 1. The topological polar surface area (TPSA) is 49.2 Å². The van der Waals surface area contributed by atoms with Crippen LogP contribution in [0.2, 0.25) is 0 Å². The molecule has 0 saturated carbocycles. The van der Waals surface area contributed by atoms with Gasteiger partial charge < -0.3 is 10.0 Å². The number of nitrogens with zero attached hydrogens (tertiary/aromatic N) is 3. The lowest BCUT2D eigenvalue weighted by Crippen LogP contribution is -2.17. The lowest BCUT2D eigenvalue weighted by atomic mass is 10.2. The third-order valence-electron chi connectivity index (χ3n) is 2.81. The highest BCUT2D eigenvalue weighted by Crippen LogP contribution is 2.16. The van der Waals surface area contributed by atoms with Gasteiger partial charge in [-0.1, -0.05) is 6.07 Å². The van der Waals surface area contributed by atoms with Crippen molar-refractivity contribution in [1.29, 1.82) is 0 Å². The molecular weight excluding hydrogens is 226 g/mol. The molecule has 0 spiro atoms. The molecule has 2 aromatic rings. The third-order valence-corrected chi connectivity index (χ3v) is 2.81. The summed E-state index contributed by atoms with van der Waals surface area (Å²) >= 11 is 0. The molecule has 0 bridgehead atoms. The van der Waals surface area contributed by atoms with Crippen LogP contribution in [0.5, 0.6) is 0 Å². The van der Waals surface area contributed by atoms with Crippen LogP contribution in [0.15, 0.2) is 42.9 Å². The molecule has 18 heavy (non-hydrogen) atoms. The van der Waals surface area contributed by atoms with Crippen LogP contribution < -0.4 is 4.90 Å². The normalized spacial score (nSPS) is 12.2. The van der Waals surface area contributed by atoms with Crippen molar-refractivity contribution in [3.8, 4) is 0 Å². The van der Waals surface area contributed by atoms with E-state index in [2.05, 4.69) is 14.9 Å². The maximum Gasteiger partial charge on any atom is 0.128 e. The summed E-state index contributed by atoms with van der Waals surface area (Å²) in [6, 6.07) is 7.79. The molecule has 1 atom stereocenters. The van der Waals surface area contributed by atoms with E-state index in [4.69, 9.17) is 0 Å². The van der Waals surface area contributed by atoms with Gasteiger partial charge in [-0.15, -0.1) is 0 Å². The number of anilines is 1. The van der Waals surface area contributed by atoms with Crippen molar-refractivity contribution < 1.29 is 5.11 Å². The summed E-state index contributed by atoms with van der Waals surface area (Å²) in [5.74, 6) is 0.885. The minimum absolute atomic E-state index is 0.475. The largest absolute Gasteiger partial charge is 0.389 e. The van der Waals surface area contributed by atoms with Gasteiger partial charge in [0.15, 0.2) is 0 Å². The van der Waals surface area contributed by atoms with Crippen LogP contribution in [0.3, 0.4) is 0 Å². The molecule has 0 aliphatic rings. The van der Waals surface area contributed by atoms with Crippen molar-refractivity contribution in [1.82, 2.24) is 9.97 Å². The molecule has 2 rings (SSSR count). The van der Waals surface area contributed by atoms with Crippen molar-refractivity contribution in [3.05, 3.63) is 54.0 Å². The Bertz CT molecular complexity index is 482. The van der Waals surface area contributed by atoms with Crippen LogP contribution in [0.4, 0.5) is 5.82 Å². The zero-order chi connectivity index (χ0) is 13.0. The van der Waals surface area contributed by atoms with Crippen LogP contribution in [0.1, 0.15) is 24.2 Å². The first-order valence-electron chi connectivity index (χ1n) is 5.91. The Morgan fingerprint density at radius 2 is 1.94 bits per heavy atom. The summed E-state index contributed by atoms with van der Waals surface area (Å²) in [5.41, 5.74) is 2.02. The predicted molar refractivity (Wildman–Crippen MR) is 71.2 cm³/mol. The fourth-order valence-electron chi connectivity index (χ4n) is 1.71. The zero-order valence-corrected chi connectivity index (χ0v) is 10.6. The van der Waals surface area contributed by atoms with Crippen molar-refractivity contribution in [2.75, 3.05) is 11.9 Å². The van der Waals surface area contributed by atoms with Crippen LogP contribution in [0, 0.1) is 0 Å². The van der Waals surface area contributed by atoms with E-state index in [0.717, 1.165) is 17.9 Å². The van der Waals surface area contributed by atoms with Crippen molar-refractivity contribution in [2.24, 2.45) is 0 Å². The summed E-state index contributed by atoms with van der Waals surface area (Å²) in [4.78, 5) is 10.4. The maximum atomic E-state index is 9.43. The Kier molecular flexibility index (Phi) is 3.89. The van der Waals surface area contributed by atoms with Crippen LogP contribution >= 0.6 is 0 Å². The van der Waals surface area contributed by atoms with Gasteiger partial charge in [0.25, 0.3) is 0 Å². The second-order valence-electron chi connectivity index (χ2n) is 4.34. The molecule has 1 N–H and O–H groups in total. The van der Waals surface area contributed by atoms with Gasteiger partial charge in [-0.25, -0.2) is 4.98 Å². The van der Waals surface area contributed by atoms with Gasteiger partial charge in [-0.3, -0.25) is 4.98 Å². The van der Waals surface area contributed by atoms with Crippen LogP contribution in [-0.2, 0) is 6.54 Å². The summed E-state index contributed by atoms with van der Waals surface area (Å²) in [6.45, 7) is 2.51. The van der Waals surface area contributed by atoms with E-state index >= 15 is 0 Å². The minimum Gasteiger partial charge on any atom is -0.389 e. The first kappa shape index (κ1) is 12.5. The second kappa shape index (κ2) is 5.60. The smallest absolute Gasteiger partial charge is 0.128 e. The lowest BCUT2D eigenvalue weighted by Gasteiger charge is -2.18. The van der Waals surface area contributed by atoms with Gasteiger partial charge in [0.05, 0.1) is 6.10 Å². The number of hydrogen-bond donors (Lipinski definition) is 1. The predicted octanol–water partition coefficient (Wildman–Crippen LogP) is 2.17. The third kappa shape index (κ3) is 3.05. The van der Waals surface area contributed by atoms with Gasteiger partial charge in [-0.2, -0.15) is 0 Å². The first-order valence-corrected chi connectivity index (χ1v) is 5.91. The standard InChI is InChI=1S/C14H17N3O/c1-11(18)13-3-4-14(16-9-13)17(2)10-12-5-7-15-8-6-12/h3-9,11,18H,10H2,1-2H3. The Morgan fingerprint density at radius 3 is 2.50 bits per heavy atom. The Balaban J connectivity index is 2.07. The molecule has 0 saturated heterocycles. The number of hydrogen-bond acceptors (Lipinski definition) is 4. The first-order chi connectivity index (χ1) is 8.66. The average Bonchev–Trinajstić information content (AvgIpc) is 2.40. The SMILES string of the molecule is CC(O)c1ccc(N(C)Cc2ccncc2)nc1. The van der Waals surface area contributed by atoms with Gasteiger partial charge in [0, 0.05) is 32.2 Å². The summed E-state index contributed by atoms with van der Waals surface area (Å²) in [7, 11) is 1.99. The fraction of sp³-hybridized carbons (Fsp3) is 0.286. The Labute approximate surface area is 107 Å². The Morgan fingerprint density at radius 1 is 1.22 bits per heavy atom. The highest BCUT2D eigenvalue weighted by atomic mass is 16.3. The lowest BCUT2D eigenvalue weighted by molar-refractivity contribution is 0.199. The maximum absolute atomic E-state index is 9.43. The summed E-state index contributed by atoms with van der Waals surface area (Å²) < 4.78 is 0. The molecule has 2 aromatic heterocycles. The van der Waals surface area contributed by atoms with E-state index < -0.39 is 6.10 Å². The van der Waals surface area contributed by atoms with Crippen LogP contribution in [-0.4, -0.2) is 22.1 Å². The number of aliphatic hydroxyl groups excluding tert-OH is 1. The molecule has 1 unspecified atom stereocenters. The highest BCUT2D eigenvalue weighted by molar-refractivity contribution is 5.39. The molecule has 94 valence electrons. The molecule has 0 fully saturated rings. The van der Waals surface area contributed by atoms with Crippen LogP contribution in [0.25, 0.3) is 0 Å². The van der Waals surface area contributed by atoms with Gasteiger partial charge in [0.1, 0.15) is 5.82 Å². The van der Waals surface area contributed by atoms with E-state index in [-0.39, 0.29) is 0 Å². The molecule has 0 aromatic carbocycles. The fourth-order valence-corrected chi connectivity index (χ4v) is 1.71. The van der Waals surface area contributed by atoms with E-state index in [9.17, 15) is 5.11 Å². The quantitative estimate of drug-likeness (QED) is 0.894. The molecule has 4 heteroatoms. The molecule has 0 amide bonds. The molecule has 2 heterocycles. The van der Waals surface area contributed by atoms with Gasteiger partial charge in [-0.05, 0) is 36.2 Å². The molecular formula is C14H17N3O. The second-order valence-corrected chi connectivity index (χ2v) is 4.34. The molecule has 0 radical (unpaired) electrons. The van der Waals surface area contributed by atoms with Gasteiger partial charge >= 0.3 is 0 Å². The van der Waals surface area contributed by atoms with Crippen molar-refractivity contribution in [3.63, 3.8) is 0 Å². The van der Waals surface area contributed by atoms with E-state index in [1.807, 2.05) is 31.3 Å². The monoisotopic (exact) mass is 243 g/mol. The van der Waals surface area contributed by atoms with Gasteiger partial charge in [0.2, 0.25) is 0 Å². The summed E-state index contributed by atoms with van der Waals surface area (Å²) in [5, 5.41) is 9.43. The summed E-state index contributed by atoms with van der Waals surface area (Å²) in [6.07, 6.45) is 4.81. The number of aromatic nitrogens is 2. The molecule has 0 aliphatic heterocycles. The molecule has 4 nitrogen and oxygen atoms in total. The zero-order valence-electron chi connectivity index (χ0n) is 10.6. The highest BCUT2D eigenvalue weighted by Gasteiger charge is 2.05. The number of rotatable bonds is 4. The minimum atomic E-state index is -0.475. The average molecular weight is 243 g/mol. The van der Waals surface area contributed by atoms with Crippen molar-refractivity contribution >= 4 is 5.82 Å². The van der Waals surface area contributed by atoms with E-state index in [1.54, 1.807) is 25.5 Å². The number of pyridine rings is 2. The molecule has 0 aliphatic carbocycles. The van der Waals surface area contributed by atoms with E-state index in [0.29, 0.717) is 0 Å². The van der Waals surface area contributed by atoms with Crippen molar-refractivity contribution in [2.45, 2.75) is 19.6 Å². The van der Waals surface area contributed by atoms with E-state index in [1.165, 1.54) is 5.56 Å². The Hall–Kier alpha value is -1.94.